The van der Waals surface area contributed by atoms with Crippen LogP contribution in [-0.2, 0) is 14.3 Å². The number of rotatable bonds is 6. The third-order valence-corrected chi connectivity index (χ3v) is 5.39. The Morgan fingerprint density at radius 3 is 2.61 bits per heavy atom. The Hall–Kier alpha value is -2.63. The number of carbonyl (C=O) groups excluding carboxylic acids is 2. The molecule has 6 heteroatoms. The van der Waals surface area contributed by atoms with Gasteiger partial charge in [0.05, 0.1) is 20.8 Å². The molecule has 1 aliphatic carbocycles. The van der Waals surface area contributed by atoms with E-state index in [0.717, 1.165) is 29.8 Å². The first-order valence-corrected chi connectivity index (χ1v) is 9.77. The van der Waals surface area contributed by atoms with Crippen LogP contribution in [-0.4, -0.2) is 38.3 Å². The number of hydrogen-bond donors (Lipinski definition) is 0. The fraction of sp³-hybridized carbons (Fsp3) is 0.500. The van der Waals surface area contributed by atoms with E-state index in [1.165, 1.54) is 0 Å². The summed E-state index contributed by atoms with van der Waals surface area (Å²) in [5, 5.41) is 0. The van der Waals surface area contributed by atoms with E-state index in [1.807, 2.05) is 19.1 Å². The number of ketones is 1. The van der Waals surface area contributed by atoms with Crippen LogP contribution in [0.1, 0.15) is 51.0 Å². The van der Waals surface area contributed by atoms with Gasteiger partial charge in [-0.15, -0.1) is 0 Å². The fourth-order valence-corrected chi connectivity index (χ4v) is 4.13. The number of methoxy groups -OCH3 is 2. The van der Waals surface area contributed by atoms with Crippen molar-refractivity contribution >= 4 is 17.5 Å². The molecule has 0 spiro atoms. The number of benzene rings is 1. The van der Waals surface area contributed by atoms with E-state index in [-0.39, 0.29) is 18.4 Å². The second kappa shape index (κ2) is 8.59. The summed E-state index contributed by atoms with van der Waals surface area (Å²) in [6.07, 6.45) is 2.62. The van der Waals surface area contributed by atoms with Crippen LogP contribution < -0.4 is 9.47 Å². The van der Waals surface area contributed by atoms with E-state index in [9.17, 15) is 9.59 Å². The van der Waals surface area contributed by atoms with Gasteiger partial charge in [-0.05, 0) is 32.3 Å². The van der Waals surface area contributed by atoms with Gasteiger partial charge in [0.1, 0.15) is 17.4 Å². The average molecular weight is 385 g/mol. The lowest BCUT2D eigenvalue weighted by Crippen LogP contribution is -2.38. The fourth-order valence-electron chi connectivity index (χ4n) is 4.13. The van der Waals surface area contributed by atoms with Gasteiger partial charge in [-0.25, -0.2) is 0 Å². The van der Waals surface area contributed by atoms with E-state index < -0.39 is 11.8 Å². The highest BCUT2D eigenvalue weighted by atomic mass is 16.5. The predicted octanol–water partition coefficient (Wildman–Crippen LogP) is 3.84. The minimum absolute atomic E-state index is 0.0531. The monoisotopic (exact) mass is 385 g/mol. The zero-order chi connectivity index (χ0) is 20.3. The molecular formula is C22H27NO5. The first-order chi connectivity index (χ1) is 13.5. The van der Waals surface area contributed by atoms with Gasteiger partial charge in [0, 0.05) is 41.0 Å². The van der Waals surface area contributed by atoms with E-state index in [4.69, 9.17) is 19.2 Å². The molecule has 2 atom stereocenters. The molecule has 1 heterocycles. The van der Waals surface area contributed by atoms with E-state index in [2.05, 4.69) is 0 Å². The summed E-state index contributed by atoms with van der Waals surface area (Å²) in [7, 11) is 3.16. The minimum atomic E-state index is -0.631. The quantitative estimate of drug-likeness (QED) is 0.696. The van der Waals surface area contributed by atoms with Gasteiger partial charge in [-0.3, -0.25) is 14.6 Å². The minimum Gasteiger partial charge on any atom is -0.497 e. The highest BCUT2D eigenvalue weighted by Gasteiger charge is 2.44. The summed E-state index contributed by atoms with van der Waals surface area (Å²) in [6.45, 7) is 4.03. The molecule has 0 amide bonds. The number of carbonyl (C=O) groups is 2. The second-order valence-corrected chi connectivity index (χ2v) is 6.91. The van der Waals surface area contributed by atoms with Crippen LogP contribution in [0.3, 0.4) is 0 Å². The number of esters is 1. The molecule has 150 valence electrons. The molecule has 28 heavy (non-hydrogen) atoms. The average Bonchev–Trinajstić information content (AvgIpc) is 2.72. The van der Waals surface area contributed by atoms with Crippen LogP contribution in [0.25, 0.3) is 0 Å². The smallest absolute Gasteiger partial charge is 0.315 e. The van der Waals surface area contributed by atoms with Gasteiger partial charge in [-0.1, -0.05) is 13.0 Å². The van der Waals surface area contributed by atoms with Gasteiger partial charge in [-0.2, -0.15) is 0 Å². The standard InChI is InChI=1S/C22H27NO5/c1-5-15-21(22(25)28-6-2)19(20-16(23-15)8-7-9-17(20)24)14-11-10-13(26-3)12-18(14)27-4/h10-12,19,21H,5-9H2,1-4H3/t19-,21?/m1/s1. The van der Waals surface area contributed by atoms with Gasteiger partial charge in [0.2, 0.25) is 0 Å². The number of aliphatic imine (C=N–C) groups is 1. The van der Waals surface area contributed by atoms with Crippen LogP contribution in [0.4, 0.5) is 0 Å². The van der Waals surface area contributed by atoms with Crippen LogP contribution in [0.15, 0.2) is 34.5 Å². The third-order valence-electron chi connectivity index (χ3n) is 5.39. The van der Waals surface area contributed by atoms with E-state index >= 15 is 0 Å². The lowest BCUT2D eigenvalue weighted by Gasteiger charge is -2.35. The molecule has 0 saturated carbocycles. The van der Waals surface area contributed by atoms with Gasteiger partial charge >= 0.3 is 5.97 Å². The molecule has 0 saturated heterocycles. The number of hydrogen-bond acceptors (Lipinski definition) is 6. The lowest BCUT2D eigenvalue weighted by molar-refractivity contribution is -0.146. The Morgan fingerprint density at radius 2 is 1.96 bits per heavy atom. The van der Waals surface area contributed by atoms with Crippen molar-refractivity contribution in [3.63, 3.8) is 0 Å². The molecule has 0 N–H and O–H groups in total. The number of ether oxygens (including phenoxy) is 3. The maximum absolute atomic E-state index is 13.0. The Balaban J connectivity index is 2.22. The first-order valence-electron chi connectivity index (χ1n) is 9.77. The topological polar surface area (TPSA) is 74.2 Å². The van der Waals surface area contributed by atoms with Crippen molar-refractivity contribution in [1.29, 1.82) is 0 Å². The molecule has 0 fully saturated rings. The summed E-state index contributed by atoms with van der Waals surface area (Å²) in [4.78, 5) is 30.6. The molecule has 3 rings (SSSR count). The normalized spacial score (nSPS) is 21.7. The van der Waals surface area contributed by atoms with Crippen molar-refractivity contribution in [2.75, 3.05) is 20.8 Å². The molecule has 1 unspecified atom stereocenters. The van der Waals surface area contributed by atoms with E-state index in [0.29, 0.717) is 29.9 Å². The zero-order valence-corrected chi connectivity index (χ0v) is 16.9. The molecular weight excluding hydrogens is 358 g/mol. The van der Waals surface area contributed by atoms with Crippen molar-refractivity contribution in [3.8, 4) is 11.5 Å². The molecule has 1 aromatic rings. The molecule has 0 radical (unpaired) electrons. The largest absolute Gasteiger partial charge is 0.497 e. The van der Waals surface area contributed by atoms with Crippen LogP contribution in [0.5, 0.6) is 11.5 Å². The van der Waals surface area contributed by atoms with Gasteiger partial charge in [0.25, 0.3) is 0 Å². The highest BCUT2D eigenvalue weighted by Crippen LogP contribution is 2.47. The third kappa shape index (κ3) is 3.55. The molecule has 0 aromatic heterocycles. The molecule has 6 nitrogen and oxygen atoms in total. The number of nitrogens with zero attached hydrogens (tertiary/aromatic N) is 1. The SMILES string of the molecule is CCOC(=O)C1C(CC)=NC2=C(C(=O)CCC2)[C@H]1c1ccc(OC)cc1OC. The predicted molar refractivity (Wildman–Crippen MR) is 106 cm³/mol. The van der Waals surface area contributed by atoms with Crippen molar-refractivity contribution in [2.45, 2.75) is 45.4 Å². The zero-order valence-electron chi connectivity index (χ0n) is 16.9. The highest BCUT2D eigenvalue weighted by molar-refractivity contribution is 6.09. The van der Waals surface area contributed by atoms with Crippen molar-refractivity contribution in [3.05, 3.63) is 35.0 Å². The molecule has 1 aliphatic heterocycles. The number of Topliss-reactive ketones (excluding diaryl/α,β-unsaturated/α-hetero) is 1. The Kier molecular flexibility index (Phi) is 6.17. The molecule has 2 aliphatic rings. The van der Waals surface area contributed by atoms with Gasteiger partial charge < -0.3 is 14.2 Å². The van der Waals surface area contributed by atoms with Crippen molar-refractivity contribution in [1.82, 2.24) is 0 Å². The Morgan fingerprint density at radius 1 is 1.18 bits per heavy atom. The molecule has 1 aromatic carbocycles. The summed E-state index contributed by atoms with van der Waals surface area (Å²) >= 11 is 0. The van der Waals surface area contributed by atoms with Crippen molar-refractivity contribution < 1.29 is 23.8 Å². The summed E-state index contributed by atoms with van der Waals surface area (Å²) in [5.74, 6) is -0.157. The second-order valence-electron chi connectivity index (χ2n) is 6.91. The summed E-state index contributed by atoms with van der Waals surface area (Å²) in [6, 6.07) is 5.48. The van der Waals surface area contributed by atoms with Crippen LogP contribution in [0.2, 0.25) is 0 Å². The number of allylic oxidation sites excluding steroid dienone is 2. The Bertz CT molecular complexity index is 839. The molecule has 0 bridgehead atoms. The summed E-state index contributed by atoms with van der Waals surface area (Å²) < 4.78 is 16.3. The van der Waals surface area contributed by atoms with Crippen molar-refractivity contribution in [2.24, 2.45) is 10.9 Å². The summed E-state index contributed by atoms with van der Waals surface area (Å²) in [5.41, 5.74) is 2.97. The van der Waals surface area contributed by atoms with Gasteiger partial charge in [0.15, 0.2) is 5.78 Å². The van der Waals surface area contributed by atoms with Crippen LogP contribution >= 0.6 is 0 Å². The Labute approximate surface area is 165 Å². The van der Waals surface area contributed by atoms with Crippen LogP contribution in [0, 0.1) is 5.92 Å². The maximum Gasteiger partial charge on any atom is 0.315 e. The lowest BCUT2D eigenvalue weighted by atomic mass is 9.71. The maximum atomic E-state index is 13.0. The first kappa shape index (κ1) is 20.1. The van der Waals surface area contributed by atoms with E-state index in [1.54, 1.807) is 27.2 Å².